The van der Waals surface area contributed by atoms with Crippen LogP contribution in [-0.2, 0) is 11.3 Å². The van der Waals surface area contributed by atoms with E-state index in [-0.39, 0.29) is 18.1 Å². The summed E-state index contributed by atoms with van der Waals surface area (Å²) in [4.78, 5) is 16.0. The van der Waals surface area contributed by atoms with Crippen LogP contribution in [0.4, 0.5) is 0 Å². The van der Waals surface area contributed by atoms with E-state index >= 15 is 0 Å². The highest BCUT2D eigenvalue weighted by Gasteiger charge is 2.09. The zero-order chi connectivity index (χ0) is 15.7. The lowest BCUT2D eigenvalue weighted by Gasteiger charge is -2.16. The Balaban J connectivity index is 2.43. The van der Waals surface area contributed by atoms with Gasteiger partial charge in [-0.3, -0.25) is 4.79 Å². The van der Waals surface area contributed by atoms with E-state index < -0.39 is 0 Å². The van der Waals surface area contributed by atoms with Crippen LogP contribution in [0.5, 0.6) is 5.88 Å². The minimum atomic E-state index is 0.0268. The Morgan fingerprint density at radius 1 is 1.33 bits per heavy atom. The largest absolute Gasteiger partial charge is 0.475 e. The maximum absolute atomic E-state index is 11.8. The molecule has 0 aliphatic rings. The Morgan fingerprint density at radius 3 is 2.67 bits per heavy atom. The van der Waals surface area contributed by atoms with Crippen LogP contribution in [0.15, 0.2) is 18.3 Å². The summed E-state index contributed by atoms with van der Waals surface area (Å²) in [7, 11) is 0. The number of aromatic nitrogens is 1. The molecule has 0 unspecified atom stereocenters. The van der Waals surface area contributed by atoms with Gasteiger partial charge in [0.15, 0.2) is 0 Å². The van der Waals surface area contributed by atoms with Gasteiger partial charge in [-0.05, 0) is 32.8 Å². The van der Waals surface area contributed by atoms with Gasteiger partial charge >= 0.3 is 0 Å². The Bertz CT molecular complexity index is 431. The average Bonchev–Trinajstić information content (AvgIpc) is 2.46. The number of carbonyl (C=O) groups excluding carboxylic acids is 1. The zero-order valence-electron chi connectivity index (χ0n) is 13.5. The van der Waals surface area contributed by atoms with Crippen LogP contribution in [0, 0.1) is 0 Å². The van der Waals surface area contributed by atoms with Crippen molar-refractivity contribution < 1.29 is 9.53 Å². The first kappa shape index (κ1) is 17.4. The summed E-state index contributed by atoms with van der Waals surface area (Å²) in [6.45, 7) is 8.95. The van der Waals surface area contributed by atoms with Crippen LogP contribution in [0.3, 0.4) is 0 Å². The summed E-state index contributed by atoms with van der Waals surface area (Å²) in [5.41, 5.74) is 0.960. The Morgan fingerprint density at radius 2 is 2.05 bits per heavy atom. The molecule has 118 valence electrons. The highest BCUT2D eigenvalue weighted by atomic mass is 16.5. The van der Waals surface area contributed by atoms with Gasteiger partial charge in [0.25, 0.3) is 0 Å². The molecular weight excluding hydrogens is 266 g/mol. The average molecular weight is 293 g/mol. The predicted molar refractivity (Wildman–Crippen MR) is 84.2 cm³/mol. The van der Waals surface area contributed by atoms with Gasteiger partial charge < -0.3 is 15.4 Å². The fourth-order valence-corrected chi connectivity index (χ4v) is 1.97. The first-order valence-electron chi connectivity index (χ1n) is 7.67. The van der Waals surface area contributed by atoms with Gasteiger partial charge in [0, 0.05) is 24.3 Å². The standard InChI is InChI=1S/C16H27N3O2/c1-5-14(6-2)19-15(20)11-17-10-13-8-7-9-18-16(13)21-12(3)4/h7-9,12,14,17H,5-6,10-11H2,1-4H3,(H,19,20). The monoisotopic (exact) mass is 293 g/mol. The normalized spacial score (nSPS) is 11.0. The van der Waals surface area contributed by atoms with Gasteiger partial charge in [-0.25, -0.2) is 4.98 Å². The molecule has 0 aliphatic carbocycles. The van der Waals surface area contributed by atoms with E-state index in [0.717, 1.165) is 18.4 Å². The molecule has 0 bridgehead atoms. The SMILES string of the molecule is CCC(CC)NC(=O)CNCc1cccnc1OC(C)C. The molecule has 0 aliphatic heterocycles. The molecule has 5 heteroatoms. The molecule has 1 aromatic heterocycles. The van der Waals surface area contributed by atoms with Crippen molar-refractivity contribution in [3.8, 4) is 5.88 Å². The Kier molecular flexibility index (Phi) is 7.75. The number of ether oxygens (including phenoxy) is 1. The fraction of sp³-hybridized carbons (Fsp3) is 0.625. The van der Waals surface area contributed by atoms with Crippen molar-refractivity contribution in [3.05, 3.63) is 23.9 Å². The third kappa shape index (κ3) is 6.58. The van der Waals surface area contributed by atoms with Crippen molar-refractivity contribution in [1.29, 1.82) is 0 Å². The summed E-state index contributed by atoms with van der Waals surface area (Å²) >= 11 is 0. The van der Waals surface area contributed by atoms with E-state index in [0.29, 0.717) is 19.0 Å². The number of nitrogens with zero attached hydrogens (tertiary/aromatic N) is 1. The van der Waals surface area contributed by atoms with Crippen LogP contribution >= 0.6 is 0 Å². The van der Waals surface area contributed by atoms with Gasteiger partial charge in [-0.15, -0.1) is 0 Å². The molecule has 0 saturated carbocycles. The molecule has 1 rings (SSSR count). The van der Waals surface area contributed by atoms with E-state index in [1.807, 2.05) is 26.0 Å². The van der Waals surface area contributed by atoms with Gasteiger partial charge in [-0.2, -0.15) is 0 Å². The minimum absolute atomic E-state index is 0.0268. The Labute approximate surface area is 127 Å². The molecule has 1 amide bonds. The van der Waals surface area contributed by atoms with Crippen LogP contribution in [-0.4, -0.2) is 29.6 Å². The van der Waals surface area contributed by atoms with E-state index in [1.54, 1.807) is 6.20 Å². The Hall–Kier alpha value is -1.62. The van der Waals surface area contributed by atoms with Crippen LogP contribution in [0.1, 0.15) is 46.1 Å². The molecule has 2 N–H and O–H groups in total. The fourth-order valence-electron chi connectivity index (χ4n) is 1.97. The minimum Gasteiger partial charge on any atom is -0.475 e. The molecule has 0 radical (unpaired) electrons. The van der Waals surface area contributed by atoms with Crippen molar-refractivity contribution in [1.82, 2.24) is 15.6 Å². The predicted octanol–water partition coefficient (Wildman–Crippen LogP) is 2.26. The summed E-state index contributed by atoms with van der Waals surface area (Å²) in [6.07, 6.45) is 3.70. The number of amides is 1. The first-order valence-corrected chi connectivity index (χ1v) is 7.67. The first-order chi connectivity index (χ1) is 10.1. The van der Waals surface area contributed by atoms with Crippen LogP contribution < -0.4 is 15.4 Å². The molecule has 1 aromatic rings. The van der Waals surface area contributed by atoms with E-state index in [2.05, 4.69) is 29.5 Å². The summed E-state index contributed by atoms with van der Waals surface area (Å²) in [6, 6.07) is 4.09. The molecule has 0 aromatic carbocycles. The number of rotatable bonds is 9. The highest BCUT2D eigenvalue weighted by Crippen LogP contribution is 2.15. The molecular formula is C16H27N3O2. The molecule has 5 nitrogen and oxygen atoms in total. The van der Waals surface area contributed by atoms with Crippen molar-refractivity contribution in [2.45, 2.75) is 59.2 Å². The number of nitrogens with one attached hydrogen (secondary N) is 2. The van der Waals surface area contributed by atoms with Gasteiger partial charge in [0.2, 0.25) is 11.8 Å². The van der Waals surface area contributed by atoms with Crippen molar-refractivity contribution in [3.63, 3.8) is 0 Å². The molecule has 21 heavy (non-hydrogen) atoms. The van der Waals surface area contributed by atoms with Crippen LogP contribution in [0.25, 0.3) is 0 Å². The molecule has 0 fully saturated rings. The van der Waals surface area contributed by atoms with E-state index in [9.17, 15) is 4.79 Å². The number of carbonyl (C=O) groups is 1. The molecule has 0 atom stereocenters. The topological polar surface area (TPSA) is 63.2 Å². The summed E-state index contributed by atoms with van der Waals surface area (Å²) < 4.78 is 5.65. The lowest BCUT2D eigenvalue weighted by molar-refractivity contribution is -0.121. The van der Waals surface area contributed by atoms with E-state index in [4.69, 9.17) is 4.74 Å². The van der Waals surface area contributed by atoms with Crippen molar-refractivity contribution in [2.24, 2.45) is 0 Å². The van der Waals surface area contributed by atoms with Crippen molar-refractivity contribution >= 4 is 5.91 Å². The summed E-state index contributed by atoms with van der Waals surface area (Å²) in [5.74, 6) is 0.652. The van der Waals surface area contributed by atoms with E-state index in [1.165, 1.54) is 0 Å². The molecule has 1 heterocycles. The van der Waals surface area contributed by atoms with Crippen molar-refractivity contribution in [2.75, 3.05) is 6.54 Å². The zero-order valence-corrected chi connectivity index (χ0v) is 13.5. The molecule has 0 spiro atoms. The van der Waals surface area contributed by atoms with Gasteiger partial charge in [0.1, 0.15) is 0 Å². The van der Waals surface area contributed by atoms with Gasteiger partial charge in [0.05, 0.1) is 12.6 Å². The second-order valence-electron chi connectivity index (χ2n) is 5.32. The number of pyridine rings is 1. The van der Waals surface area contributed by atoms with Crippen LogP contribution in [0.2, 0.25) is 0 Å². The smallest absolute Gasteiger partial charge is 0.234 e. The maximum Gasteiger partial charge on any atom is 0.234 e. The number of hydrogen-bond donors (Lipinski definition) is 2. The molecule has 0 saturated heterocycles. The second kappa shape index (κ2) is 9.34. The highest BCUT2D eigenvalue weighted by molar-refractivity contribution is 5.78. The number of hydrogen-bond acceptors (Lipinski definition) is 4. The maximum atomic E-state index is 11.8. The summed E-state index contributed by atoms with van der Waals surface area (Å²) in [5, 5.41) is 6.14. The van der Waals surface area contributed by atoms with Gasteiger partial charge in [-0.1, -0.05) is 19.9 Å². The third-order valence-corrected chi connectivity index (χ3v) is 3.15. The third-order valence-electron chi connectivity index (χ3n) is 3.15. The lowest BCUT2D eigenvalue weighted by Crippen LogP contribution is -2.39. The second-order valence-corrected chi connectivity index (χ2v) is 5.32. The lowest BCUT2D eigenvalue weighted by atomic mass is 10.2. The quantitative estimate of drug-likeness (QED) is 0.733.